The van der Waals surface area contributed by atoms with Gasteiger partial charge in [0.1, 0.15) is 34.9 Å². The Bertz CT molecular complexity index is 1350. The molecule has 1 aliphatic rings. The Morgan fingerprint density at radius 2 is 2.06 bits per heavy atom. The summed E-state index contributed by atoms with van der Waals surface area (Å²) in [5.74, 6) is 0.0000140. The zero-order chi connectivity index (χ0) is 21.9. The lowest BCUT2D eigenvalue weighted by molar-refractivity contribution is -0.137. The SMILES string of the molecule is CN(C(=O)c1cc2c(cn1)nc(N)c1cncn12)[C@H]1COc2cc(C(F)(F)F)ccc21. The topological polar surface area (TPSA) is 98.6 Å². The number of hydrogen-bond acceptors (Lipinski definition) is 6. The molecule has 1 amide bonds. The molecule has 1 aromatic carbocycles. The van der Waals surface area contributed by atoms with Gasteiger partial charge in [-0.2, -0.15) is 13.2 Å². The molecule has 4 aromatic rings. The van der Waals surface area contributed by atoms with Crippen molar-refractivity contribution in [3.05, 3.63) is 59.8 Å². The number of nitrogen functional groups attached to an aromatic ring is 1. The van der Waals surface area contributed by atoms with Crippen LogP contribution in [0.2, 0.25) is 0 Å². The zero-order valence-corrected chi connectivity index (χ0v) is 16.1. The Balaban J connectivity index is 1.49. The van der Waals surface area contributed by atoms with E-state index in [1.807, 2.05) is 0 Å². The highest BCUT2D eigenvalue weighted by Gasteiger charge is 2.36. The largest absolute Gasteiger partial charge is 0.491 e. The smallest absolute Gasteiger partial charge is 0.416 e. The molecule has 0 fully saturated rings. The molecule has 0 radical (unpaired) electrons. The average Bonchev–Trinajstić information content (AvgIpc) is 3.39. The van der Waals surface area contributed by atoms with Crippen LogP contribution < -0.4 is 10.5 Å². The summed E-state index contributed by atoms with van der Waals surface area (Å²) in [7, 11) is 1.56. The normalized spacial score (nSPS) is 15.8. The Morgan fingerprint density at radius 1 is 1.26 bits per heavy atom. The first-order chi connectivity index (χ1) is 14.7. The minimum atomic E-state index is -4.47. The van der Waals surface area contributed by atoms with Crippen molar-refractivity contribution in [3.63, 3.8) is 0 Å². The monoisotopic (exact) mass is 428 g/mol. The van der Waals surface area contributed by atoms with E-state index in [1.54, 1.807) is 30.0 Å². The molecule has 0 saturated heterocycles. The maximum Gasteiger partial charge on any atom is 0.416 e. The number of amides is 1. The second-order valence-electron chi connectivity index (χ2n) is 7.20. The standard InChI is InChI=1S/C20H15F3N6O2/c1-28(16-8-31-17-4-10(20(21,22)23)2-3-11(16)17)19(30)12-5-14-13(6-26-12)27-18(24)15-7-25-9-29(14)15/h2-7,9,16H,8H2,1H3,(H2,24,27)/t16-/m0/s1. The van der Waals surface area contributed by atoms with E-state index in [1.165, 1.54) is 17.2 Å². The van der Waals surface area contributed by atoms with Gasteiger partial charge in [0.2, 0.25) is 0 Å². The first-order valence-corrected chi connectivity index (χ1v) is 9.22. The molecule has 2 N–H and O–H groups in total. The lowest BCUT2D eigenvalue weighted by atomic mass is 10.0. The molecule has 0 bridgehead atoms. The number of aromatic nitrogens is 4. The van der Waals surface area contributed by atoms with E-state index >= 15 is 0 Å². The molecule has 0 unspecified atom stereocenters. The first-order valence-electron chi connectivity index (χ1n) is 9.22. The van der Waals surface area contributed by atoms with Gasteiger partial charge in [0.15, 0.2) is 0 Å². The van der Waals surface area contributed by atoms with Crippen LogP contribution in [0, 0.1) is 0 Å². The quantitative estimate of drug-likeness (QED) is 0.527. The predicted octanol–water partition coefficient (Wildman–Crippen LogP) is 3.08. The van der Waals surface area contributed by atoms with Gasteiger partial charge in [-0.1, -0.05) is 6.07 Å². The summed E-state index contributed by atoms with van der Waals surface area (Å²) in [6.45, 7) is 0.0519. The summed E-state index contributed by atoms with van der Waals surface area (Å²) in [6, 6.07) is 4.32. The van der Waals surface area contributed by atoms with E-state index in [2.05, 4.69) is 15.0 Å². The molecular weight excluding hydrogens is 413 g/mol. The van der Waals surface area contributed by atoms with Gasteiger partial charge in [0.25, 0.3) is 5.91 Å². The van der Waals surface area contributed by atoms with Crippen molar-refractivity contribution in [2.24, 2.45) is 0 Å². The lowest BCUT2D eigenvalue weighted by Crippen LogP contribution is -2.32. The highest BCUT2D eigenvalue weighted by molar-refractivity contribution is 5.96. The Kier molecular flexibility index (Phi) is 4.04. The molecule has 5 rings (SSSR count). The number of halogens is 3. The second-order valence-corrected chi connectivity index (χ2v) is 7.20. The minimum Gasteiger partial charge on any atom is -0.491 e. The number of fused-ring (bicyclic) bond motifs is 4. The van der Waals surface area contributed by atoms with E-state index in [0.717, 1.165) is 12.1 Å². The van der Waals surface area contributed by atoms with Crippen molar-refractivity contribution in [1.29, 1.82) is 0 Å². The van der Waals surface area contributed by atoms with Gasteiger partial charge in [-0.05, 0) is 18.2 Å². The second kappa shape index (κ2) is 6.56. The van der Waals surface area contributed by atoms with E-state index in [-0.39, 0.29) is 18.1 Å². The number of carbonyl (C=O) groups is 1. The number of carbonyl (C=O) groups excluding carboxylic acids is 1. The number of likely N-dealkylation sites (N-methyl/N-ethyl adjacent to an activating group) is 1. The molecule has 8 nitrogen and oxygen atoms in total. The fourth-order valence-electron chi connectivity index (χ4n) is 3.71. The Morgan fingerprint density at radius 3 is 2.84 bits per heavy atom. The van der Waals surface area contributed by atoms with Gasteiger partial charge in [-0.15, -0.1) is 0 Å². The maximum absolute atomic E-state index is 13.1. The summed E-state index contributed by atoms with van der Waals surface area (Å²) in [4.78, 5) is 27.1. The van der Waals surface area contributed by atoms with Crippen LogP contribution in [0.15, 0.2) is 43.0 Å². The number of alkyl halides is 3. The number of benzene rings is 1. The van der Waals surface area contributed by atoms with Crippen molar-refractivity contribution in [2.45, 2.75) is 12.2 Å². The first kappa shape index (κ1) is 19.1. The Hall–Kier alpha value is -3.89. The molecule has 1 aliphatic heterocycles. The third-order valence-electron chi connectivity index (χ3n) is 5.37. The summed E-state index contributed by atoms with van der Waals surface area (Å²) < 4.78 is 46.0. The van der Waals surface area contributed by atoms with Crippen molar-refractivity contribution in [2.75, 3.05) is 19.4 Å². The van der Waals surface area contributed by atoms with Gasteiger partial charge in [0, 0.05) is 12.6 Å². The number of nitrogens with zero attached hydrogens (tertiary/aromatic N) is 5. The number of imidazole rings is 1. The van der Waals surface area contributed by atoms with Gasteiger partial charge >= 0.3 is 6.18 Å². The van der Waals surface area contributed by atoms with E-state index < -0.39 is 23.7 Å². The van der Waals surface area contributed by atoms with E-state index in [0.29, 0.717) is 27.9 Å². The van der Waals surface area contributed by atoms with E-state index in [4.69, 9.17) is 10.5 Å². The highest BCUT2D eigenvalue weighted by atomic mass is 19.4. The molecule has 0 saturated carbocycles. The van der Waals surface area contributed by atoms with Gasteiger partial charge in [-0.3, -0.25) is 9.20 Å². The van der Waals surface area contributed by atoms with Crippen LogP contribution in [-0.2, 0) is 6.18 Å². The van der Waals surface area contributed by atoms with Crippen LogP contribution in [-0.4, -0.2) is 43.8 Å². The summed E-state index contributed by atoms with van der Waals surface area (Å²) in [5, 5.41) is 0. The van der Waals surface area contributed by atoms with Gasteiger partial charge in [-0.25, -0.2) is 15.0 Å². The van der Waals surface area contributed by atoms with Crippen molar-refractivity contribution < 1.29 is 22.7 Å². The third kappa shape index (κ3) is 3.00. The molecular formula is C20H15F3N6O2. The Labute approximate surface area is 173 Å². The summed E-state index contributed by atoms with van der Waals surface area (Å²) in [5.41, 5.74) is 7.48. The molecule has 0 spiro atoms. The fraction of sp³-hybridized carbons (Fsp3) is 0.200. The molecule has 4 heterocycles. The number of ether oxygens (including phenoxy) is 1. The third-order valence-corrected chi connectivity index (χ3v) is 5.37. The van der Waals surface area contributed by atoms with Crippen LogP contribution in [0.4, 0.5) is 19.0 Å². The fourth-order valence-corrected chi connectivity index (χ4v) is 3.71. The highest BCUT2D eigenvalue weighted by Crippen LogP contribution is 2.40. The summed E-state index contributed by atoms with van der Waals surface area (Å²) in [6.07, 6.45) is 0.106. The van der Waals surface area contributed by atoms with E-state index in [9.17, 15) is 18.0 Å². The van der Waals surface area contributed by atoms with Gasteiger partial charge < -0.3 is 15.4 Å². The molecule has 158 valence electrons. The average molecular weight is 428 g/mol. The molecule has 0 aliphatic carbocycles. The summed E-state index contributed by atoms with van der Waals surface area (Å²) >= 11 is 0. The maximum atomic E-state index is 13.1. The number of rotatable bonds is 2. The van der Waals surface area contributed by atoms with Crippen LogP contribution in [0.3, 0.4) is 0 Å². The van der Waals surface area contributed by atoms with Crippen LogP contribution in [0.25, 0.3) is 16.6 Å². The number of pyridine rings is 1. The van der Waals surface area contributed by atoms with Crippen LogP contribution in [0.5, 0.6) is 5.75 Å². The molecule has 3 aromatic heterocycles. The minimum absolute atomic E-state index is 0.0519. The van der Waals surface area contributed by atoms with Crippen LogP contribution >= 0.6 is 0 Å². The predicted molar refractivity (Wildman–Crippen MR) is 104 cm³/mol. The number of hydrogen-bond donors (Lipinski definition) is 1. The van der Waals surface area contributed by atoms with Crippen molar-refractivity contribution in [1.82, 2.24) is 24.3 Å². The van der Waals surface area contributed by atoms with Crippen LogP contribution in [0.1, 0.15) is 27.7 Å². The molecule has 11 heteroatoms. The molecule has 1 atom stereocenters. The van der Waals surface area contributed by atoms with Gasteiger partial charge in [0.05, 0.1) is 35.8 Å². The number of nitrogens with two attached hydrogens (primary N) is 1. The lowest BCUT2D eigenvalue weighted by Gasteiger charge is -2.23. The van der Waals surface area contributed by atoms with Crippen molar-refractivity contribution in [3.8, 4) is 5.75 Å². The zero-order valence-electron chi connectivity index (χ0n) is 16.1. The van der Waals surface area contributed by atoms with Crippen molar-refractivity contribution >= 4 is 28.3 Å². The number of anilines is 1. The molecule has 31 heavy (non-hydrogen) atoms.